The summed E-state index contributed by atoms with van der Waals surface area (Å²) in [7, 11) is 3.57. The molecule has 1 aliphatic rings. The van der Waals surface area contributed by atoms with E-state index in [0.717, 1.165) is 12.8 Å². The van der Waals surface area contributed by atoms with Gasteiger partial charge in [-0.1, -0.05) is 0 Å². The number of hydrogen-bond donors (Lipinski definition) is 2. The second kappa shape index (κ2) is 5.35. The van der Waals surface area contributed by atoms with E-state index in [1.54, 1.807) is 37.3 Å². The van der Waals surface area contributed by atoms with Crippen LogP contribution in [0.2, 0.25) is 0 Å². The number of nitrogens with one attached hydrogen (secondary N) is 1. The summed E-state index contributed by atoms with van der Waals surface area (Å²) in [5, 5.41) is 12.2. The van der Waals surface area contributed by atoms with E-state index in [-0.39, 0.29) is 12.0 Å². The van der Waals surface area contributed by atoms with Gasteiger partial charge in [-0.2, -0.15) is 0 Å². The molecule has 1 heterocycles. The van der Waals surface area contributed by atoms with Crippen LogP contribution < -0.4 is 5.32 Å². The highest BCUT2D eigenvalue weighted by molar-refractivity contribution is 5.94. The Balaban J connectivity index is 1.96. The van der Waals surface area contributed by atoms with Crippen LogP contribution in [0.25, 0.3) is 0 Å². The van der Waals surface area contributed by atoms with Crippen molar-refractivity contribution >= 4 is 11.7 Å². The van der Waals surface area contributed by atoms with Crippen molar-refractivity contribution in [1.29, 1.82) is 0 Å². The number of anilines is 1. The van der Waals surface area contributed by atoms with Gasteiger partial charge in [0.1, 0.15) is 5.82 Å². The van der Waals surface area contributed by atoms with Crippen molar-refractivity contribution in [1.82, 2.24) is 9.88 Å². The SMILES string of the molecule is CNc1cc(C(=O)N(C)CC2CC(O)C2)ccn1. The minimum absolute atomic E-state index is 0.00436. The van der Waals surface area contributed by atoms with E-state index in [1.165, 1.54) is 0 Å². The van der Waals surface area contributed by atoms with Crippen molar-refractivity contribution in [2.45, 2.75) is 18.9 Å². The quantitative estimate of drug-likeness (QED) is 0.834. The lowest BCUT2D eigenvalue weighted by Crippen LogP contribution is -2.39. The van der Waals surface area contributed by atoms with E-state index in [0.29, 0.717) is 23.8 Å². The lowest BCUT2D eigenvalue weighted by atomic mass is 9.82. The highest BCUT2D eigenvalue weighted by atomic mass is 16.3. The first-order valence-electron chi connectivity index (χ1n) is 6.17. The number of hydrogen-bond acceptors (Lipinski definition) is 4. The molecular weight excluding hydrogens is 230 g/mol. The second-order valence-electron chi connectivity index (χ2n) is 4.86. The summed E-state index contributed by atoms with van der Waals surface area (Å²) in [6.45, 7) is 0.701. The lowest BCUT2D eigenvalue weighted by Gasteiger charge is -2.34. The Morgan fingerprint density at radius 2 is 2.33 bits per heavy atom. The Labute approximate surface area is 107 Å². The number of aliphatic hydroxyl groups is 1. The van der Waals surface area contributed by atoms with Gasteiger partial charge in [-0.3, -0.25) is 4.79 Å². The van der Waals surface area contributed by atoms with Crippen molar-refractivity contribution in [2.24, 2.45) is 5.92 Å². The Morgan fingerprint density at radius 1 is 1.61 bits per heavy atom. The molecule has 0 radical (unpaired) electrons. The van der Waals surface area contributed by atoms with E-state index >= 15 is 0 Å². The monoisotopic (exact) mass is 249 g/mol. The van der Waals surface area contributed by atoms with Gasteiger partial charge in [-0.15, -0.1) is 0 Å². The van der Waals surface area contributed by atoms with Gasteiger partial charge in [0.05, 0.1) is 6.10 Å². The van der Waals surface area contributed by atoms with Crippen LogP contribution in [-0.4, -0.2) is 47.6 Å². The summed E-state index contributed by atoms with van der Waals surface area (Å²) in [5.74, 6) is 1.11. The number of aromatic nitrogens is 1. The summed E-state index contributed by atoms with van der Waals surface area (Å²) in [6, 6.07) is 3.46. The van der Waals surface area contributed by atoms with Crippen LogP contribution in [0.5, 0.6) is 0 Å². The summed E-state index contributed by atoms with van der Waals surface area (Å²) in [4.78, 5) is 18.0. The highest BCUT2D eigenvalue weighted by Gasteiger charge is 2.29. The fourth-order valence-corrected chi connectivity index (χ4v) is 2.24. The van der Waals surface area contributed by atoms with Gasteiger partial charge in [0, 0.05) is 32.4 Å². The summed E-state index contributed by atoms with van der Waals surface area (Å²) < 4.78 is 0. The molecule has 1 saturated carbocycles. The molecule has 98 valence electrons. The highest BCUT2D eigenvalue weighted by Crippen LogP contribution is 2.27. The van der Waals surface area contributed by atoms with E-state index in [4.69, 9.17) is 0 Å². The van der Waals surface area contributed by atoms with Gasteiger partial charge in [-0.25, -0.2) is 4.98 Å². The Bertz CT molecular complexity index is 430. The van der Waals surface area contributed by atoms with Crippen LogP contribution in [0.3, 0.4) is 0 Å². The number of rotatable bonds is 4. The Hall–Kier alpha value is -1.62. The maximum absolute atomic E-state index is 12.2. The zero-order valence-electron chi connectivity index (χ0n) is 10.8. The average molecular weight is 249 g/mol. The van der Waals surface area contributed by atoms with Crippen LogP contribution in [-0.2, 0) is 0 Å². The van der Waals surface area contributed by atoms with Crippen molar-refractivity contribution in [2.75, 3.05) is 26.0 Å². The van der Waals surface area contributed by atoms with Crippen molar-refractivity contribution in [3.8, 4) is 0 Å². The summed E-state index contributed by atoms with van der Waals surface area (Å²) in [5.41, 5.74) is 0.636. The van der Waals surface area contributed by atoms with E-state index < -0.39 is 0 Å². The molecule has 5 heteroatoms. The van der Waals surface area contributed by atoms with Gasteiger partial charge in [0.25, 0.3) is 5.91 Å². The first kappa shape index (κ1) is 12.8. The fraction of sp³-hybridized carbons (Fsp3) is 0.538. The molecule has 0 unspecified atom stereocenters. The molecule has 1 fully saturated rings. The van der Waals surface area contributed by atoms with Crippen molar-refractivity contribution in [3.63, 3.8) is 0 Å². The fourth-order valence-electron chi connectivity index (χ4n) is 2.24. The molecule has 2 N–H and O–H groups in total. The molecule has 0 spiro atoms. The molecule has 0 atom stereocenters. The molecule has 1 aromatic heterocycles. The van der Waals surface area contributed by atoms with E-state index in [2.05, 4.69) is 10.3 Å². The number of carbonyl (C=O) groups excluding carboxylic acids is 1. The molecule has 2 rings (SSSR count). The molecule has 0 bridgehead atoms. The summed E-state index contributed by atoms with van der Waals surface area (Å²) >= 11 is 0. The smallest absolute Gasteiger partial charge is 0.253 e. The maximum atomic E-state index is 12.2. The maximum Gasteiger partial charge on any atom is 0.253 e. The van der Waals surface area contributed by atoms with Crippen LogP contribution >= 0.6 is 0 Å². The van der Waals surface area contributed by atoms with Crippen LogP contribution in [0, 0.1) is 5.92 Å². The predicted molar refractivity (Wildman–Crippen MR) is 69.5 cm³/mol. The summed E-state index contributed by atoms with van der Waals surface area (Å²) in [6.07, 6.45) is 3.06. The zero-order chi connectivity index (χ0) is 13.1. The minimum Gasteiger partial charge on any atom is -0.393 e. The second-order valence-corrected chi connectivity index (χ2v) is 4.86. The number of carbonyl (C=O) groups is 1. The van der Waals surface area contributed by atoms with Crippen LogP contribution in [0.1, 0.15) is 23.2 Å². The third kappa shape index (κ3) is 2.79. The Morgan fingerprint density at radius 3 is 2.94 bits per heavy atom. The number of pyridine rings is 1. The Kier molecular flexibility index (Phi) is 3.81. The number of amides is 1. The molecule has 0 aromatic carbocycles. The third-order valence-electron chi connectivity index (χ3n) is 3.35. The molecule has 1 amide bonds. The van der Waals surface area contributed by atoms with Crippen LogP contribution in [0.4, 0.5) is 5.82 Å². The van der Waals surface area contributed by atoms with Gasteiger partial charge >= 0.3 is 0 Å². The minimum atomic E-state index is -0.171. The predicted octanol–water partition coefficient (Wildman–Crippen LogP) is 0.966. The first-order valence-corrected chi connectivity index (χ1v) is 6.17. The number of nitrogens with zero attached hydrogens (tertiary/aromatic N) is 2. The van der Waals surface area contributed by atoms with Gasteiger partial charge in [-0.05, 0) is 30.9 Å². The average Bonchev–Trinajstić information content (AvgIpc) is 2.36. The molecule has 18 heavy (non-hydrogen) atoms. The van der Waals surface area contributed by atoms with E-state index in [1.807, 2.05) is 0 Å². The molecule has 0 saturated heterocycles. The number of aliphatic hydroxyl groups excluding tert-OH is 1. The van der Waals surface area contributed by atoms with Crippen LogP contribution in [0.15, 0.2) is 18.3 Å². The zero-order valence-corrected chi connectivity index (χ0v) is 10.8. The van der Waals surface area contributed by atoms with Crippen molar-refractivity contribution in [3.05, 3.63) is 23.9 Å². The largest absolute Gasteiger partial charge is 0.393 e. The van der Waals surface area contributed by atoms with Gasteiger partial charge in [0.2, 0.25) is 0 Å². The van der Waals surface area contributed by atoms with Crippen molar-refractivity contribution < 1.29 is 9.90 Å². The normalized spacial score (nSPS) is 22.2. The molecule has 1 aliphatic carbocycles. The molecule has 0 aliphatic heterocycles. The molecule has 5 nitrogen and oxygen atoms in total. The standard InChI is InChI=1S/C13H19N3O2/c1-14-12-7-10(3-4-15-12)13(18)16(2)8-9-5-11(17)6-9/h3-4,7,9,11,17H,5-6,8H2,1-2H3,(H,14,15). The topological polar surface area (TPSA) is 65.5 Å². The third-order valence-corrected chi connectivity index (χ3v) is 3.35. The van der Waals surface area contributed by atoms with E-state index in [9.17, 15) is 9.90 Å². The molecular formula is C13H19N3O2. The first-order chi connectivity index (χ1) is 8.60. The molecule has 1 aromatic rings. The lowest BCUT2D eigenvalue weighted by molar-refractivity contribution is 0.0265. The van der Waals surface area contributed by atoms with Gasteiger partial charge in [0.15, 0.2) is 0 Å². The van der Waals surface area contributed by atoms with Gasteiger partial charge < -0.3 is 15.3 Å².